The summed E-state index contributed by atoms with van der Waals surface area (Å²) in [6.45, 7) is 0.594. The Bertz CT molecular complexity index is 2560. The summed E-state index contributed by atoms with van der Waals surface area (Å²) in [6, 6.07) is 9.11. The summed E-state index contributed by atoms with van der Waals surface area (Å²) < 4.78 is 131. The third kappa shape index (κ3) is 9.31. The van der Waals surface area contributed by atoms with E-state index < -0.39 is 30.9 Å². The summed E-state index contributed by atoms with van der Waals surface area (Å²) in [5, 5.41) is 0. The van der Waals surface area contributed by atoms with Crippen molar-refractivity contribution in [3.05, 3.63) is 102 Å². The molecular formula is C42H44BrF3N2O10. The average Bonchev–Trinajstić information content (AvgIpc) is 3.27. The van der Waals surface area contributed by atoms with Crippen molar-refractivity contribution in [1.29, 1.82) is 0 Å². The van der Waals surface area contributed by atoms with Crippen molar-refractivity contribution < 1.29 is 59.3 Å². The van der Waals surface area contributed by atoms with Crippen molar-refractivity contribution in [3.63, 3.8) is 0 Å². The molecule has 4 aliphatic rings. The lowest BCUT2D eigenvalue weighted by molar-refractivity contribution is -0.102. The average molecular weight is 880 g/mol. The van der Waals surface area contributed by atoms with Gasteiger partial charge in [0, 0.05) is 41.4 Å². The number of alkyl halides is 1. The summed E-state index contributed by atoms with van der Waals surface area (Å²) in [7, 11) is 0. The van der Waals surface area contributed by atoms with E-state index in [1.54, 1.807) is 36.6 Å². The molecule has 12 nitrogen and oxygen atoms in total. The zero-order chi connectivity index (χ0) is 46.1. The predicted octanol–water partition coefficient (Wildman–Crippen LogP) is 6.58. The van der Waals surface area contributed by atoms with Crippen LogP contribution >= 0.6 is 15.9 Å². The molecule has 6 heterocycles. The van der Waals surface area contributed by atoms with E-state index in [9.17, 15) is 22.8 Å². The molecular weight excluding hydrogens is 829 g/mol. The van der Waals surface area contributed by atoms with Gasteiger partial charge in [0.1, 0.15) is 55.9 Å². The fourth-order valence-corrected chi connectivity index (χ4v) is 7.86. The number of fused-ring (bicyclic) bond motifs is 6. The van der Waals surface area contributed by atoms with Crippen LogP contribution in [0.4, 0.5) is 13.2 Å². The highest BCUT2D eigenvalue weighted by molar-refractivity contribution is 9.10. The summed E-state index contributed by atoms with van der Waals surface area (Å²) in [4.78, 5) is 25.7. The van der Waals surface area contributed by atoms with Crippen LogP contribution in [0.3, 0.4) is 0 Å². The van der Waals surface area contributed by atoms with Crippen molar-refractivity contribution in [2.45, 2.75) is 52.0 Å². The van der Waals surface area contributed by atoms with E-state index in [2.05, 4.69) is 15.9 Å². The minimum Gasteiger partial charge on any atom is -0.491 e. The molecule has 58 heavy (non-hydrogen) atoms. The lowest BCUT2D eigenvalue weighted by Crippen LogP contribution is -2.34. The zero-order valence-corrected chi connectivity index (χ0v) is 33.2. The Kier molecular flexibility index (Phi) is 11.2. The van der Waals surface area contributed by atoms with Gasteiger partial charge < -0.3 is 47.0 Å². The van der Waals surface area contributed by atoms with Gasteiger partial charge in [-0.25, -0.2) is 4.39 Å². The molecule has 0 bridgehead atoms. The molecule has 4 aromatic rings. The van der Waals surface area contributed by atoms with Gasteiger partial charge in [0.05, 0.1) is 57.9 Å². The Morgan fingerprint density at radius 3 is 2.10 bits per heavy atom. The predicted molar refractivity (Wildman–Crippen MR) is 211 cm³/mol. The SMILES string of the molecule is [2H]C(Oc1ccc2c(c1)CCn1c(OC[C@@H]3COCCO3)c(Br)c(=O)c(C)c1-2)=C(F)F.[2H]c1c(OC[C@@H]2COCCO2)n2c(c(C)c1=O)-c1ccc(OC([2H])([2H])C([2H])([2H])F)cc1CC2. The summed E-state index contributed by atoms with van der Waals surface area (Å²) in [6.07, 6.45) is -2.86. The smallest absolute Gasteiger partial charge is 0.305 e. The van der Waals surface area contributed by atoms with Crippen LogP contribution in [0.1, 0.15) is 30.5 Å². The number of benzene rings is 2. The first-order valence-electron chi connectivity index (χ1n) is 21.5. The van der Waals surface area contributed by atoms with Crippen molar-refractivity contribution in [2.75, 3.05) is 66.0 Å². The van der Waals surface area contributed by atoms with E-state index in [-0.39, 0.29) is 54.3 Å². The number of aryl methyl sites for hydroxylation is 2. The summed E-state index contributed by atoms with van der Waals surface area (Å²) in [5.41, 5.74) is 4.56. The molecule has 2 atom stereocenters. The molecule has 2 aromatic heterocycles. The van der Waals surface area contributed by atoms with Crippen LogP contribution < -0.4 is 29.8 Å². The molecule has 0 unspecified atom stereocenters. The van der Waals surface area contributed by atoms with Crippen molar-refractivity contribution >= 4 is 15.9 Å². The first kappa shape index (κ1) is 34.3. The van der Waals surface area contributed by atoms with Crippen LogP contribution in [0.25, 0.3) is 22.5 Å². The third-order valence-electron chi connectivity index (χ3n) is 9.94. The summed E-state index contributed by atoms with van der Waals surface area (Å²) in [5.74, 6) is 0.675. The Labute approximate surface area is 349 Å². The lowest BCUT2D eigenvalue weighted by atomic mass is 9.94. The second-order valence-corrected chi connectivity index (χ2v) is 14.4. The second kappa shape index (κ2) is 19.0. The maximum absolute atomic E-state index is 13.5. The van der Waals surface area contributed by atoms with Gasteiger partial charge in [0.15, 0.2) is 17.5 Å². The highest BCUT2D eigenvalue weighted by Crippen LogP contribution is 2.39. The Morgan fingerprint density at radius 2 is 1.48 bits per heavy atom. The minimum atomic E-state index is -3.69. The monoisotopic (exact) mass is 878 g/mol. The molecule has 310 valence electrons. The number of aromatic nitrogens is 2. The topological polar surface area (TPSA) is 118 Å². The minimum absolute atomic E-state index is 0.0308. The highest BCUT2D eigenvalue weighted by Gasteiger charge is 2.27. The quantitative estimate of drug-likeness (QED) is 0.153. The fraction of sp³-hybridized carbons (Fsp3) is 0.429. The number of nitrogens with zero attached hydrogens (tertiary/aromatic N) is 2. The van der Waals surface area contributed by atoms with E-state index in [0.29, 0.717) is 104 Å². The third-order valence-corrected chi connectivity index (χ3v) is 10.6. The normalized spacial score (nSPS) is 20.0. The molecule has 0 saturated carbocycles. The van der Waals surface area contributed by atoms with Gasteiger partial charge in [-0.1, -0.05) is 0 Å². The van der Waals surface area contributed by atoms with Crippen LogP contribution in [-0.2, 0) is 44.9 Å². The van der Waals surface area contributed by atoms with Gasteiger partial charge in [-0.3, -0.25) is 9.59 Å². The molecule has 0 spiro atoms. The molecule has 0 amide bonds. The number of pyridine rings is 2. The first-order chi connectivity index (χ1) is 30.4. The lowest BCUT2D eigenvalue weighted by Gasteiger charge is -2.29. The number of hydrogen-bond donors (Lipinski definition) is 0. The van der Waals surface area contributed by atoms with Gasteiger partial charge in [-0.05, 0) is 90.1 Å². The van der Waals surface area contributed by atoms with Crippen LogP contribution in [0.2, 0.25) is 0 Å². The first-order valence-corrected chi connectivity index (χ1v) is 19.3. The Hall–Kier alpha value is -4.61. The molecule has 2 fully saturated rings. The van der Waals surface area contributed by atoms with Crippen LogP contribution in [0.15, 0.2) is 68.8 Å². The molecule has 2 saturated heterocycles. The number of ether oxygens (including phenoxy) is 8. The summed E-state index contributed by atoms with van der Waals surface area (Å²) >= 11 is 3.38. The van der Waals surface area contributed by atoms with Gasteiger partial charge in [-0.15, -0.1) is 0 Å². The van der Waals surface area contributed by atoms with Crippen molar-refractivity contribution in [3.8, 4) is 45.8 Å². The Morgan fingerprint density at radius 1 is 0.879 bits per heavy atom. The molecule has 4 aliphatic heterocycles. The molecule has 0 radical (unpaired) electrons. The maximum atomic E-state index is 13.5. The van der Waals surface area contributed by atoms with Crippen molar-refractivity contribution in [1.82, 2.24) is 9.13 Å². The molecule has 8 rings (SSSR count). The molecule has 16 heteroatoms. The van der Waals surface area contributed by atoms with E-state index >= 15 is 0 Å². The van der Waals surface area contributed by atoms with Crippen LogP contribution in [0.5, 0.6) is 23.3 Å². The Balaban J connectivity index is 0.000000192. The van der Waals surface area contributed by atoms with Gasteiger partial charge in [-0.2, -0.15) is 8.78 Å². The van der Waals surface area contributed by atoms with Gasteiger partial charge >= 0.3 is 6.08 Å². The molecule has 2 aromatic carbocycles. The van der Waals surface area contributed by atoms with Crippen LogP contribution in [0, 0.1) is 13.8 Å². The van der Waals surface area contributed by atoms with E-state index in [1.807, 2.05) is 4.57 Å². The standard InChI is InChI=1S/C21H20BrF2NO5.C21H24FNO5/c1-12-19-16-3-2-14(29-11-17(23)24)8-13(16)4-5-25(19)21(18(22)20(12)26)30-10-15-9-27-6-7-28-15;1-14-19(24)11-20(28-13-17-12-25-8-9-27-17)23-6-4-15-10-16(26-7-5-22)2-3-18(15)21(14)23/h2-3,8,11,15H,4-7,9-10H2,1H3;2-3,10-11,17H,4-9,12-13H2,1H3/t15-;17-/m00/s1/i11D;5D2,7D2,11D. The number of hydrogen-bond acceptors (Lipinski definition) is 10. The fourth-order valence-electron chi connectivity index (χ4n) is 7.23. The van der Waals surface area contributed by atoms with E-state index in [4.69, 9.17) is 46.1 Å². The second-order valence-electron chi connectivity index (χ2n) is 13.6. The number of halogens is 4. The van der Waals surface area contributed by atoms with E-state index in [1.165, 1.54) is 18.2 Å². The highest BCUT2D eigenvalue weighted by atomic mass is 79.9. The molecule has 0 N–H and O–H groups in total. The maximum Gasteiger partial charge on any atom is 0.305 e. The van der Waals surface area contributed by atoms with Crippen molar-refractivity contribution in [2.24, 2.45) is 0 Å². The van der Waals surface area contributed by atoms with E-state index in [0.717, 1.165) is 16.7 Å². The van der Waals surface area contributed by atoms with Crippen LogP contribution in [-0.4, -0.2) is 87.4 Å². The molecule has 0 aliphatic carbocycles. The largest absolute Gasteiger partial charge is 0.491 e. The number of rotatable bonds is 11. The van der Waals surface area contributed by atoms with Gasteiger partial charge in [0.2, 0.25) is 11.3 Å². The zero-order valence-electron chi connectivity index (χ0n) is 37.6. The van der Waals surface area contributed by atoms with Gasteiger partial charge in [0.25, 0.3) is 0 Å².